The number of phenolic OH excluding ortho intramolecular Hbond substituents is 1. The third-order valence-corrected chi connectivity index (χ3v) is 21.3. The molecule has 0 spiro atoms. The summed E-state index contributed by atoms with van der Waals surface area (Å²) in [6, 6.07) is 6.14. The molecule has 0 bridgehead atoms. The lowest BCUT2D eigenvalue weighted by Crippen LogP contribution is -2.61. The Labute approximate surface area is 636 Å². The van der Waals surface area contributed by atoms with Crippen LogP contribution >= 0.6 is 21.6 Å². The molecular formula is C72H96N18O17S2. The number of nitrogens with two attached hydrogens (primary N) is 3. The molecule has 12 amide bonds. The number of phenols is 1. The van der Waals surface area contributed by atoms with Gasteiger partial charge in [-0.15, -0.1) is 0 Å². The topological polar surface area (TPSA) is 577 Å². The number of amides is 12. The van der Waals surface area contributed by atoms with E-state index in [0.29, 0.717) is 60.6 Å². The van der Waals surface area contributed by atoms with Gasteiger partial charge < -0.3 is 101 Å². The monoisotopic (exact) mass is 1550 g/mol. The maximum Gasteiger partial charge on any atom is 0.303 e. The number of fused-ring (bicyclic) bond motifs is 1. The number of aliphatic carboxylic acids is 2. The number of aromatic hydroxyl groups is 1. The molecule has 109 heavy (non-hydrogen) atoms. The smallest absolute Gasteiger partial charge is 0.303 e. The number of nitrogens with zero attached hydrogens (tertiary/aromatic N) is 2. The largest absolute Gasteiger partial charge is 0.508 e. The highest BCUT2D eigenvalue weighted by molar-refractivity contribution is 8.76. The molecule has 0 unspecified atom stereocenters. The Balaban J connectivity index is 1.29. The Morgan fingerprint density at radius 2 is 1.23 bits per heavy atom. The van der Waals surface area contributed by atoms with Crippen molar-refractivity contribution in [2.45, 2.75) is 182 Å². The van der Waals surface area contributed by atoms with Crippen LogP contribution in [0.3, 0.4) is 0 Å². The molecule has 37 heteroatoms. The van der Waals surface area contributed by atoms with Gasteiger partial charge in [0.15, 0.2) is 5.96 Å². The summed E-state index contributed by atoms with van der Waals surface area (Å²) in [6.45, 7) is -0.903. The van der Waals surface area contributed by atoms with Crippen LogP contribution in [0.5, 0.6) is 5.75 Å². The molecule has 2 saturated carbocycles. The van der Waals surface area contributed by atoms with Crippen LogP contribution in [-0.4, -0.2) is 212 Å². The first-order chi connectivity index (χ1) is 52.2. The number of primary amides is 1. The Hall–Kier alpha value is -11.0. The quantitative estimate of drug-likeness (QED) is 0.0152. The molecule has 4 aromatic rings. The molecule has 3 aromatic carbocycles. The maximum absolute atomic E-state index is 15.3. The molecule has 35 nitrogen and oxygen atoms in total. The number of nitriles is 1. The summed E-state index contributed by atoms with van der Waals surface area (Å²) in [6.07, 6.45) is 2.14. The summed E-state index contributed by atoms with van der Waals surface area (Å²) in [5, 5.41) is 77.3. The van der Waals surface area contributed by atoms with Crippen LogP contribution in [0.15, 0.2) is 79.0 Å². The summed E-state index contributed by atoms with van der Waals surface area (Å²) >= 11 is 0. The van der Waals surface area contributed by atoms with Gasteiger partial charge in [0.25, 0.3) is 0 Å². The third kappa shape index (κ3) is 27.3. The van der Waals surface area contributed by atoms with Gasteiger partial charge in [0.05, 0.1) is 18.2 Å². The predicted molar refractivity (Wildman–Crippen MR) is 400 cm³/mol. The van der Waals surface area contributed by atoms with Gasteiger partial charge in [0.2, 0.25) is 70.9 Å². The van der Waals surface area contributed by atoms with Crippen molar-refractivity contribution in [2.24, 2.45) is 23.1 Å². The van der Waals surface area contributed by atoms with Crippen LogP contribution in [0.1, 0.15) is 125 Å². The summed E-state index contributed by atoms with van der Waals surface area (Å²) in [7, 11) is 1.71. The lowest BCUT2D eigenvalue weighted by Gasteiger charge is -2.30. The van der Waals surface area contributed by atoms with E-state index in [1.165, 1.54) is 35.2 Å². The van der Waals surface area contributed by atoms with Crippen molar-refractivity contribution in [3.05, 3.63) is 101 Å². The van der Waals surface area contributed by atoms with Gasteiger partial charge in [-0.25, -0.2) is 0 Å². The van der Waals surface area contributed by atoms with E-state index in [4.69, 9.17) is 22.6 Å². The van der Waals surface area contributed by atoms with Crippen molar-refractivity contribution in [3.63, 3.8) is 0 Å². The van der Waals surface area contributed by atoms with E-state index in [1.54, 1.807) is 48.7 Å². The number of H-pyrrole nitrogens is 1. The fraction of sp³-hybridized carbons (Fsp3) is 0.500. The van der Waals surface area contributed by atoms with E-state index in [0.717, 1.165) is 34.4 Å². The second-order valence-corrected chi connectivity index (χ2v) is 29.5. The number of carbonyl (C=O) groups excluding carboxylic acids is 12. The van der Waals surface area contributed by atoms with E-state index in [-0.39, 0.29) is 80.4 Å². The average Bonchev–Trinajstić information content (AvgIpc) is 1.71. The van der Waals surface area contributed by atoms with E-state index < -0.39 is 200 Å². The highest BCUT2D eigenvalue weighted by atomic mass is 33.1. The average molecular weight is 1550 g/mol. The first-order valence-electron chi connectivity index (χ1n) is 36.0. The molecule has 7 rings (SSSR count). The second kappa shape index (κ2) is 43.1. The summed E-state index contributed by atoms with van der Waals surface area (Å²) in [4.78, 5) is 202. The first kappa shape index (κ1) is 85.3. The lowest BCUT2D eigenvalue weighted by molar-refractivity contribution is -0.139. The predicted octanol–water partition coefficient (Wildman–Crippen LogP) is -1.17. The highest BCUT2D eigenvalue weighted by Gasteiger charge is 2.40. The Morgan fingerprint density at radius 1 is 0.651 bits per heavy atom. The molecule has 1 saturated heterocycles. The van der Waals surface area contributed by atoms with Crippen molar-refractivity contribution in [1.29, 1.82) is 10.7 Å². The minimum atomic E-state index is -1.77. The van der Waals surface area contributed by atoms with E-state index in [9.17, 15) is 68.5 Å². The fourth-order valence-electron chi connectivity index (χ4n) is 13.1. The van der Waals surface area contributed by atoms with Crippen molar-refractivity contribution >= 4 is 121 Å². The van der Waals surface area contributed by atoms with Crippen LogP contribution in [0.25, 0.3) is 10.9 Å². The summed E-state index contributed by atoms with van der Waals surface area (Å²) < 4.78 is 0. The number of guanidine groups is 1. The van der Waals surface area contributed by atoms with E-state index in [2.05, 4.69) is 69.5 Å². The molecule has 1 aromatic heterocycles. The van der Waals surface area contributed by atoms with E-state index >= 15 is 19.2 Å². The van der Waals surface area contributed by atoms with Crippen molar-refractivity contribution in [1.82, 2.24) is 68.4 Å². The summed E-state index contributed by atoms with van der Waals surface area (Å²) in [5.41, 5.74) is 19.1. The van der Waals surface area contributed by atoms with Crippen LogP contribution in [0.2, 0.25) is 0 Å². The SMILES string of the molecule is N#Cc1ccccc1C[C@@H]1NC(=O)[C@H](C2CCCC2)NC(=O)[C@@H](NC(=O)[C@H](Cc2ccc(O)cc2)NC(=O)CN(C(=O)CCN)C2CCCC2)CSSC[C@@H](C(N)=O)NC(=O)[C@H](CCC(=O)O)NC(=O)[C@H](Cc2c[nH]c3ccccc23)NC(=O)[C@H](CCC(=O)O)NC(=O)CCNC(=O)[C@H](CCCNC(=N)N)NC1=O. The standard InChI is InChI=1S/C72H96N18O17S2/c73-29-27-59(94)90(45-14-5-6-15-45)37-58(93)82-52(32-40-19-21-46(91)22-20-40)67(103)88-56-39-109-108-38-55(63(75)99)87-66(102)51(24-26-61(97)98)84-69(105)54(34-44-36-80-48-17-8-7-16-47(44)48)85-65(101)50(23-25-60(95)96)81-57(92)28-31-78-64(100)49(18-9-30-79-72(76)77)83-68(104)53(33-42-12-3-4-13-43(42)35-74)86-71(107)62(89-70(56)106)41-10-1-2-11-41/h3-4,7-8,12-13,16-17,19-22,36,41,45,49-56,62,80,91H,1-2,5-6,9-11,14-15,18,23-34,37-39,73H2,(H2,75,99)(H,78,100)(H,81,92)(H,82,93)(H,83,104)(H,84,105)(H,85,101)(H,86,107)(H,87,102)(H,88,103)(H,89,106)(H,95,96)(H,97,98)(H4,76,77,79)/t49-,50-,51-,52-,53-,54-,55-,56-,62-/m0/s1. The third-order valence-electron chi connectivity index (χ3n) is 18.9. The van der Waals surface area contributed by atoms with Crippen LogP contribution in [0.4, 0.5) is 0 Å². The molecule has 22 N–H and O–H groups in total. The van der Waals surface area contributed by atoms with Gasteiger partial charge in [0, 0.05) is 99.2 Å². The zero-order valence-corrected chi connectivity index (χ0v) is 61.7. The van der Waals surface area contributed by atoms with Gasteiger partial charge in [-0.05, 0) is 98.2 Å². The molecule has 2 aliphatic carbocycles. The van der Waals surface area contributed by atoms with Crippen LogP contribution < -0.4 is 75.7 Å². The van der Waals surface area contributed by atoms with Crippen molar-refractivity contribution in [3.8, 4) is 11.8 Å². The highest BCUT2D eigenvalue weighted by Crippen LogP contribution is 2.30. The number of aromatic nitrogens is 1. The Morgan fingerprint density at radius 3 is 1.87 bits per heavy atom. The number of carboxylic acid groups (broad SMARTS) is 2. The number of rotatable bonds is 26. The molecule has 2 heterocycles. The number of hydrogen-bond donors (Lipinski definition) is 19. The Bertz CT molecular complexity index is 3960. The molecular weight excluding hydrogens is 1450 g/mol. The molecule has 0 radical (unpaired) electrons. The molecule has 3 fully saturated rings. The van der Waals surface area contributed by atoms with Gasteiger partial charge in [-0.3, -0.25) is 72.5 Å². The molecule has 9 atom stereocenters. The minimum Gasteiger partial charge on any atom is -0.508 e. The fourth-order valence-corrected chi connectivity index (χ4v) is 15.4. The zero-order valence-electron chi connectivity index (χ0n) is 60.0. The first-order valence-corrected chi connectivity index (χ1v) is 38.5. The number of para-hydroxylation sites is 1. The number of nitrogens with one attached hydrogen (secondary N) is 13. The molecule has 588 valence electrons. The van der Waals surface area contributed by atoms with Gasteiger partial charge in [-0.1, -0.05) is 95.8 Å². The normalized spacial score (nSPS) is 21.9. The van der Waals surface area contributed by atoms with Gasteiger partial charge in [0.1, 0.15) is 60.1 Å². The van der Waals surface area contributed by atoms with Crippen LogP contribution in [-0.2, 0) is 86.4 Å². The molecule has 1 aliphatic heterocycles. The number of carbonyl (C=O) groups is 14. The number of hydrogen-bond acceptors (Lipinski definition) is 20. The lowest BCUT2D eigenvalue weighted by atomic mass is 9.95. The number of carboxylic acids is 2. The minimum absolute atomic E-state index is 0.00489. The number of benzene rings is 3. The maximum atomic E-state index is 15.3. The number of aromatic amines is 1. The van der Waals surface area contributed by atoms with Gasteiger partial charge in [-0.2, -0.15) is 5.26 Å². The molecule has 3 aliphatic rings. The van der Waals surface area contributed by atoms with Crippen molar-refractivity contribution < 1.29 is 82.4 Å². The Kier molecular flexibility index (Phi) is 33.7. The van der Waals surface area contributed by atoms with E-state index in [1.807, 2.05) is 0 Å². The van der Waals surface area contributed by atoms with Gasteiger partial charge >= 0.3 is 11.9 Å². The second-order valence-electron chi connectivity index (χ2n) is 26.9. The zero-order chi connectivity index (χ0) is 79.1. The van der Waals surface area contributed by atoms with Crippen LogP contribution in [0, 0.1) is 22.7 Å². The summed E-state index contributed by atoms with van der Waals surface area (Å²) in [5.74, 6) is -15.8. The van der Waals surface area contributed by atoms with Crippen molar-refractivity contribution in [2.75, 3.05) is 37.7 Å².